The minimum atomic E-state index is -1.97. The number of aliphatic hydroxyl groups is 3. The van der Waals surface area contributed by atoms with Crippen LogP contribution in [0.15, 0.2) is 0 Å². The molecule has 2 atom stereocenters. The summed E-state index contributed by atoms with van der Waals surface area (Å²) in [6.45, 7) is 3.70. The van der Waals surface area contributed by atoms with Gasteiger partial charge in [-0.25, -0.2) is 0 Å². The van der Waals surface area contributed by atoms with Crippen molar-refractivity contribution in [2.45, 2.75) is 122 Å². The van der Waals surface area contributed by atoms with E-state index in [1.807, 2.05) is 0 Å². The van der Waals surface area contributed by atoms with Gasteiger partial charge in [0.05, 0.1) is 6.61 Å². The van der Waals surface area contributed by atoms with Crippen LogP contribution in [0.3, 0.4) is 0 Å². The fourth-order valence-electron chi connectivity index (χ4n) is 3.06. The van der Waals surface area contributed by atoms with Gasteiger partial charge in [0.2, 0.25) is 5.79 Å². The molecule has 0 heterocycles. The molecule has 0 saturated carbocycles. The Hall–Kier alpha value is -0.650. The minimum Gasteiger partial charge on any atom is -0.430 e. The predicted molar refractivity (Wildman–Crippen MR) is 105 cm³/mol. The maximum atomic E-state index is 12.0. The number of ether oxygens (including phenoxy) is 1. The van der Waals surface area contributed by atoms with Gasteiger partial charge in [-0.1, -0.05) is 84.5 Å². The molecule has 2 unspecified atom stereocenters. The Kier molecular flexibility index (Phi) is 16.1. The third-order valence-corrected chi connectivity index (χ3v) is 4.86. The molecular formula is C21H42O5. The van der Waals surface area contributed by atoms with E-state index in [-0.39, 0.29) is 12.8 Å². The molecule has 0 rings (SSSR count). The molecule has 5 nitrogen and oxygen atoms in total. The Morgan fingerprint density at radius 3 is 1.81 bits per heavy atom. The lowest BCUT2D eigenvalue weighted by atomic mass is 10.0. The van der Waals surface area contributed by atoms with Crippen molar-refractivity contribution in [2.24, 2.45) is 0 Å². The summed E-state index contributed by atoms with van der Waals surface area (Å²) in [4.78, 5) is 12.0. The van der Waals surface area contributed by atoms with Crippen LogP contribution in [0.1, 0.15) is 110 Å². The Labute approximate surface area is 160 Å². The molecule has 0 aliphatic carbocycles. The molecule has 156 valence electrons. The Balaban J connectivity index is 4.11. The van der Waals surface area contributed by atoms with Crippen molar-refractivity contribution in [2.75, 3.05) is 6.61 Å². The molecule has 26 heavy (non-hydrogen) atoms. The molecule has 0 saturated heterocycles. The number of hydrogen-bond donors (Lipinski definition) is 3. The number of carbonyl (C=O) groups is 1. The molecule has 0 aromatic carbocycles. The molecule has 0 bridgehead atoms. The van der Waals surface area contributed by atoms with Gasteiger partial charge in [0.1, 0.15) is 6.10 Å². The smallest absolute Gasteiger partial charge is 0.308 e. The van der Waals surface area contributed by atoms with Gasteiger partial charge in [0, 0.05) is 12.8 Å². The van der Waals surface area contributed by atoms with E-state index in [2.05, 4.69) is 13.8 Å². The van der Waals surface area contributed by atoms with E-state index in [0.29, 0.717) is 6.42 Å². The molecule has 0 fully saturated rings. The highest BCUT2D eigenvalue weighted by molar-refractivity contribution is 5.69. The fourth-order valence-corrected chi connectivity index (χ4v) is 3.06. The zero-order valence-corrected chi connectivity index (χ0v) is 17.0. The lowest BCUT2D eigenvalue weighted by molar-refractivity contribution is -0.256. The van der Waals surface area contributed by atoms with Gasteiger partial charge in [0.15, 0.2) is 0 Å². The van der Waals surface area contributed by atoms with Crippen LogP contribution in [-0.2, 0) is 9.53 Å². The molecule has 3 N–H and O–H groups in total. The number of carbonyl (C=O) groups excluding carboxylic acids is 1. The molecule has 0 aliphatic heterocycles. The first-order valence-corrected chi connectivity index (χ1v) is 10.7. The lowest BCUT2D eigenvalue weighted by Crippen LogP contribution is -2.48. The summed E-state index contributed by atoms with van der Waals surface area (Å²) < 4.78 is 5.16. The lowest BCUT2D eigenvalue weighted by Gasteiger charge is -2.31. The van der Waals surface area contributed by atoms with Gasteiger partial charge in [-0.3, -0.25) is 4.79 Å². The maximum absolute atomic E-state index is 12.0. The van der Waals surface area contributed by atoms with Gasteiger partial charge < -0.3 is 20.1 Å². The van der Waals surface area contributed by atoms with E-state index < -0.39 is 24.5 Å². The van der Waals surface area contributed by atoms with Gasteiger partial charge in [-0.05, 0) is 12.8 Å². The zero-order chi connectivity index (χ0) is 19.7. The molecule has 0 aromatic heterocycles. The first-order chi connectivity index (χ1) is 12.5. The van der Waals surface area contributed by atoms with Gasteiger partial charge in [0.25, 0.3) is 0 Å². The van der Waals surface area contributed by atoms with Crippen molar-refractivity contribution >= 4 is 5.97 Å². The topological polar surface area (TPSA) is 87.0 Å². The number of aliphatic hydroxyl groups excluding tert-OH is 2. The van der Waals surface area contributed by atoms with Crippen molar-refractivity contribution in [3.05, 3.63) is 0 Å². The van der Waals surface area contributed by atoms with Crippen LogP contribution in [0.2, 0.25) is 0 Å². The van der Waals surface area contributed by atoms with E-state index in [1.165, 1.54) is 32.1 Å². The quantitative estimate of drug-likeness (QED) is 0.187. The first-order valence-electron chi connectivity index (χ1n) is 10.7. The van der Waals surface area contributed by atoms with Crippen molar-refractivity contribution in [3.8, 4) is 0 Å². The summed E-state index contributed by atoms with van der Waals surface area (Å²) in [5, 5.41) is 29.6. The number of unbranched alkanes of at least 4 members (excludes halogenated alkanes) is 11. The fraction of sp³-hybridized carbons (Fsp3) is 0.952. The van der Waals surface area contributed by atoms with Crippen molar-refractivity contribution in [3.63, 3.8) is 0 Å². The first kappa shape index (κ1) is 25.4. The SMILES string of the molecule is CCCCCCCCCCC(O)(OC(=O)CCCCCCC)C(O)CO. The van der Waals surface area contributed by atoms with Gasteiger partial charge in [-0.2, -0.15) is 0 Å². The zero-order valence-electron chi connectivity index (χ0n) is 17.0. The second kappa shape index (κ2) is 16.5. The van der Waals surface area contributed by atoms with E-state index in [9.17, 15) is 20.1 Å². The van der Waals surface area contributed by atoms with Crippen LogP contribution in [0, 0.1) is 0 Å². The number of esters is 1. The Morgan fingerprint density at radius 1 is 0.846 bits per heavy atom. The average molecular weight is 375 g/mol. The van der Waals surface area contributed by atoms with Crippen molar-refractivity contribution < 1.29 is 24.9 Å². The Bertz CT molecular complexity index is 334. The van der Waals surface area contributed by atoms with Crippen LogP contribution in [0.5, 0.6) is 0 Å². The standard InChI is InChI=1S/C21H42O5/c1-3-5-7-9-10-11-13-15-17-21(25,19(23)18-22)26-20(24)16-14-12-8-6-4-2/h19,22-23,25H,3-18H2,1-2H3. The summed E-state index contributed by atoms with van der Waals surface area (Å²) in [5.41, 5.74) is 0. The van der Waals surface area contributed by atoms with Crippen LogP contribution in [0.4, 0.5) is 0 Å². The normalized spacial score (nSPS) is 14.8. The number of rotatable bonds is 18. The highest BCUT2D eigenvalue weighted by atomic mass is 16.7. The molecule has 0 amide bonds. The molecule has 0 aromatic rings. The predicted octanol–water partition coefficient (Wildman–Crippen LogP) is 4.46. The second-order valence-corrected chi connectivity index (χ2v) is 7.41. The van der Waals surface area contributed by atoms with E-state index in [4.69, 9.17) is 4.74 Å². The monoisotopic (exact) mass is 374 g/mol. The largest absolute Gasteiger partial charge is 0.430 e. The van der Waals surface area contributed by atoms with E-state index >= 15 is 0 Å². The van der Waals surface area contributed by atoms with E-state index in [0.717, 1.165) is 44.9 Å². The highest BCUT2D eigenvalue weighted by Crippen LogP contribution is 2.23. The Morgan fingerprint density at radius 2 is 1.31 bits per heavy atom. The van der Waals surface area contributed by atoms with Crippen LogP contribution >= 0.6 is 0 Å². The highest BCUT2D eigenvalue weighted by Gasteiger charge is 2.38. The van der Waals surface area contributed by atoms with Crippen molar-refractivity contribution in [1.29, 1.82) is 0 Å². The maximum Gasteiger partial charge on any atom is 0.308 e. The molecule has 0 aliphatic rings. The minimum absolute atomic E-state index is 0.158. The van der Waals surface area contributed by atoms with Gasteiger partial charge >= 0.3 is 5.97 Å². The third-order valence-electron chi connectivity index (χ3n) is 4.86. The summed E-state index contributed by atoms with van der Waals surface area (Å²) in [6.07, 6.45) is 12.8. The molecular weight excluding hydrogens is 332 g/mol. The summed E-state index contributed by atoms with van der Waals surface area (Å²) in [7, 11) is 0. The average Bonchev–Trinajstić information content (AvgIpc) is 2.63. The van der Waals surface area contributed by atoms with Crippen LogP contribution in [0.25, 0.3) is 0 Å². The summed E-state index contributed by atoms with van der Waals surface area (Å²) in [5.74, 6) is -2.48. The molecule has 0 radical (unpaired) electrons. The summed E-state index contributed by atoms with van der Waals surface area (Å²) in [6, 6.07) is 0. The molecule has 5 heteroatoms. The third kappa shape index (κ3) is 12.7. The second-order valence-electron chi connectivity index (χ2n) is 7.41. The van der Waals surface area contributed by atoms with Crippen LogP contribution < -0.4 is 0 Å². The van der Waals surface area contributed by atoms with E-state index in [1.54, 1.807) is 0 Å². The van der Waals surface area contributed by atoms with Crippen molar-refractivity contribution in [1.82, 2.24) is 0 Å². The van der Waals surface area contributed by atoms with Crippen LogP contribution in [-0.4, -0.2) is 39.8 Å². The van der Waals surface area contributed by atoms with Gasteiger partial charge in [-0.15, -0.1) is 0 Å². The summed E-state index contributed by atoms with van der Waals surface area (Å²) >= 11 is 0. The number of hydrogen-bond acceptors (Lipinski definition) is 5. The molecule has 0 spiro atoms.